The average molecular weight is 403 g/mol. The van der Waals surface area contributed by atoms with Gasteiger partial charge in [-0.3, -0.25) is 0 Å². The molecule has 1 nitrogen and oxygen atoms in total. The van der Waals surface area contributed by atoms with Crippen LogP contribution in [-0.2, 0) is 0 Å². The topological polar surface area (TPSA) is 12.0 Å². The quantitative estimate of drug-likeness (QED) is 0.679. The number of nitrogens with one attached hydrogen (secondary N) is 1. The molecule has 0 saturated heterocycles. The monoisotopic (exact) mass is 401 g/mol. The molecule has 0 aliphatic carbocycles. The van der Waals surface area contributed by atoms with Crippen molar-refractivity contribution in [3.63, 3.8) is 0 Å². The molecule has 1 aromatic carbocycles. The zero-order valence-corrected chi connectivity index (χ0v) is 15.0. The molecule has 0 aliphatic heterocycles. The number of hydrogen-bond acceptors (Lipinski definition) is 2. The summed E-state index contributed by atoms with van der Waals surface area (Å²) < 4.78 is 2.32. The average Bonchev–Trinajstić information content (AvgIpc) is 2.89. The summed E-state index contributed by atoms with van der Waals surface area (Å²) in [6.07, 6.45) is 1.13. The van der Waals surface area contributed by atoms with E-state index in [0.717, 1.165) is 21.9 Å². The van der Waals surface area contributed by atoms with Gasteiger partial charge in [0.15, 0.2) is 0 Å². The number of rotatable bonds is 5. The Morgan fingerprint density at radius 1 is 1.26 bits per heavy atom. The first kappa shape index (κ1) is 15.2. The van der Waals surface area contributed by atoms with Gasteiger partial charge in [-0.2, -0.15) is 11.3 Å². The van der Waals surface area contributed by atoms with Crippen LogP contribution in [0.1, 0.15) is 36.1 Å². The van der Waals surface area contributed by atoms with Crippen molar-refractivity contribution in [2.24, 2.45) is 0 Å². The van der Waals surface area contributed by atoms with Crippen LogP contribution in [0.4, 0.5) is 0 Å². The lowest BCUT2D eigenvalue weighted by atomic mass is 10.00. The highest BCUT2D eigenvalue weighted by molar-refractivity contribution is 9.11. The van der Waals surface area contributed by atoms with Crippen LogP contribution in [0.5, 0.6) is 0 Å². The maximum absolute atomic E-state index is 3.70. The van der Waals surface area contributed by atoms with Gasteiger partial charge >= 0.3 is 0 Å². The smallest absolute Gasteiger partial charge is 0.0596 e. The summed E-state index contributed by atoms with van der Waals surface area (Å²) in [5.41, 5.74) is 3.86. The van der Waals surface area contributed by atoms with Crippen LogP contribution in [0.2, 0.25) is 0 Å². The van der Waals surface area contributed by atoms with Gasteiger partial charge in [0, 0.05) is 8.95 Å². The van der Waals surface area contributed by atoms with Gasteiger partial charge in [-0.05, 0) is 65.5 Å². The van der Waals surface area contributed by atoms with E-state index >= 15 is 0 Å². The summed E-state index contributed by atoms with van der Waals surface area (Å²) in [5, 5.41) is 7.98. The molecule has 0 amide bonds. The molecule has 1 unspecified atom stereocenters. The fourth-order valence-electron chi connectivity index (χ4n) is 2.02. The van der Waals surface area contributed by atoms with Crippen molar-refractivity contribution in [2.75, 3.05) is 6.54 Å². The Morgan fingerprint density at radius 2 is 2.05 bits per heavy atom. The van der Waals surface area contributed by atoms with Gasteiger partial charge in [0.2, 0.25) is 0 Å². The molecule has 1 atom stereocenters. The van der Waals surface area contributed by atoms with E-state index in [2.05, 4.69) is 80.0 Å². The largest absolute Gasteiger partial charge is 0.306 e. The van der Waals surface area contributed by atoms with Gasteiger partial charge in [-0.15, -0.1) is 0 Å². The molecule has 0 aliphatic rings. The van der Waals surface area contributed by atoms with Crippen LogP contribution in [0.15, 0.2) is 37.9 Å². The molecule has 2 aromatic rings. The maximum Gasteiger partial charge on any atom is 0.0596 e. The molecular weight excluding hydrogens is 386 g/mol. The minimum Gasteiger partial charge on any atom is -0.306 e. The Hall–Kier alpha value is -0.160. The molecule has 102 valence electrons. The molecule has 0 saturated carbocycles. The summed E-state index contributed by atoms with van der Waals surface area (Å²) >= 11 is 9.08. The van der Waals surface area contributed by atoms with Crippen molar-refractivity contribution >= 4 is 43.2 Å². The minimum atomic E-state index is 0.248. The first-order valence-corrected chi connectivity index (χ1v) is 8.87. The normalized spacial score (nSPS) is 12.6. The van der Waals surface area contributed by atoms with Crippen molar-refractivity contribution in [1.29, 1.82) is 0 Å². The van der Waals surface area contributed by atoms with Crippen molar-refractivity contribution < 1.29 is 0 Å². The van der Waals surface area contributed by atoms with E-state index in [0.29, 0.717) is 0 Å². The lowest BCUT2D eigenvalue weighted by Gasteiger charge is -2.20. The molecule has 0 bridgehead atoms. The van der Waals surface area contributed by atoms with E-state index in [1.165, 1.54) is 16.7 Å². The van der Waals surface area contributed by atoms with Crippen LogP contribution in [0, 0.1) is 6.92 Å². The van der Waals surface area contributed by atoms with Crippen molar-refractivity contribution in [3.8, 4) is 0 Å². The number of thiophene rings is 1. The highest BCUT2D eigenvalue weighted by Gasteiger charge is 2.17. The van der Waals surface area contributed by atoms with Crippen LogP contribution in [0.3, 0.4) is 0 Å². The lowest BCUT2D eigenvalue weighted by molar-refractivity contribution is 0.598. The molecule has 19 heavy (non-hydrogen) atoms. The molecule has 2 rings (SSSR count). The third-order valence-corrected chi connectivity index (χ3v) is 5.31. The van der Waals surface area contributed by atoms with Gasteiger partial charge in [-0.1, -0.05) is 38.8 Å². The van der Waals surface area contributed by atoms with Gasteiger partial charge in [-0.25, -0.2) is 0 Å². The van der Waals surface area contributed by atoms with Crippen LogP contribution in [-0.4, -0.2) is 6.54 Å². The first-order chi connectivity index (χ1) is 9.13. The van der Waals surface area contributed by atoms with Crippen molar-refractivity contribution in [3.05, 3.63) is 54.6 Å². The highest BCUT2D eigenvalue weighted by Crippen LogP contribution is 2.33. The number of aryl methyl sites for hydroxylation is 1. The van der Waals surface area contributed by atoms with Gasteiger partial charge < -0.3 is 5.32 Å². The Morgan fingerprint density at radius 3 is 2.68 bits per heavy atom. The Balaban J connectivity index is 2.40. The lowest BCUT2D eigenvalue weighted by Crippen LogP contribution is -2.23. The third-order valence-electron chi connectivity index (χ3n) is 3.06. The summed E-state index contributed by atoms with van der Waals surface area (Å²) in [6, 6.07) is 6.83. The van der Waals surface area contributed by atoms with E-state index in [1.807, 2.05) is 0 Å². The van der Waals surface area contributed by atoms with Crippen molar-refractivity contribution in [1.82, 2.24) is 5.32 Å². The van der Waals surface area contributed by atoms with E-state index in [4.69, 9.17) is 0 Å². The Labute approximate surface area is 135 Å². The number of benzene rings is 1. The second-order valence-corrected chi connectivity index (χ2v) is 7.06. The molecular formula is C15H17Br2NS. The summed E-state index contributed by atoms with van der Waals surface area (Å²) in [4.78, 5) is 0. The third kappa shape index (κ3) is 3.69. The summed E-state index contributed by atoms with van der Waals surface area (Å²) in [7, 11) is 0. The first-order valence-electron chi connectivity index (χ1n) is 6.34. The zero-order valence-electron chi connectivity index (χ0n) is 11.0. The minimum absolute atomic E-state index is 0.248. The summed E-state index contributed by atoms with van der Waals surface area (Å²) in [5.74, 6) is 0. The molecule has 1 heterocycles. The molecule has 1 N–H and O–H groups in total. The predicted octanol–water partition coefficient (Wildman–Crippen LogP) is 5.67. The Bertz CT molecular complexity index is 537. The van der Waals surface area contributed by atoms with Gasteiger partial charge in [0.1, 0.15) is 0 Å². The van der Waals surface area contributed by atoms with Crippen LogP contribution in [0.25, 0.3) is 0 Å². The fraction of sp³-hybridized carbons (Fsp3) is 0.333. The maximum atomic E-state index is 3.70. The van der Waals surface area contributed by atoms with Crippen molar-refractivity contribution in [2.45, 2.75) is 26.3 Å². The number of halogens is 2. The second-order valence-electron chi connectivity index (χ2n) is 4.57. The second kappa shape index (κ2) is 7.02. The Kier molecular flexibility index (Phi) is 5.63. The zero-order chi connectivity index (χ0) is 13.8. The van der Waals surface area contributed by atoms with E-state index in [1.54, 1.807) is 11.3 Å². The predicted molar refractivity (Wildman–Crippen MR) is 91.0 cm³/mol. The van der Waals surface area contributed by atoms with Gasteiger partial charge in [0.05, 0.1) is 6.04 Å². The van der Waals surface area contributed by atoms with Crippen LogP contribution < -0.4 is 5.32 Å². The SMILES string of the molecule is CCCNC(c1ccsc1)c1cc(Br)c(C)cc1Br. The van der Waals surface area contributed by atoms with Crippen LogP contribution >= 0.6 is 43.2 Å². The molecule has 4 heteroatoms. The molecule has 0 fully saturated rings. The highest BCUT2D eigenvalue weighted by atomic mass is 79.9. The molecule has 0 spiro atoms. The van der Waals surface area contributed by atoms with E-state index < -0.39 is 0 Å². The molecule has 0 radical (unpaired) electrons. The fourth-order valence-corrected chi connectivity index (χ4v) is 3.75. The summed E-state index contributed by atoms with van der Waals surface area (Å²) in [6.45, 7) is 5.31. The standard InChI is InChI=1S/C15H17Br2NS/c1-3-5-18-15(11-4-6-19-9-11)12-8-13(16)10(2)7-14(12)17/h4,6-9,15,18H,3,5H2,1-2H3. The van der Waals surface area contributed by atoms with E-state index in [-0.39, 0.29) is 6.04 Å². The molecule has 1 aromatic heterocycles. The van der Waals surface area contributed by atoms with E-state index in [9.17, 15) is 0 Å². The van der Waals surface area contributed by atoms with Gasteiger partial charge in [0.25, 0.3) is 0 Å². The number of hydrogen-bond donors (Lipinski definition) is 1.